The van der Waals surface area contributed by atoms with E-state index in [4.69, 9.17) is 29.2 Å². The van der Waals surface area contributed by atoms with Crippen molar-refractivity contribution in [2.45, 2.75) is 45.9 Å². The molecule has 0 radical (unpaired) electrons. The third kappa shape index (κ3) is 6.21. The maximum absolute atomic E-state index is 16.0. The van der Waals surface area contributed by atoms with Gasteiger partial charge in [0.2, 0.25) is 0 Å². The Morgan fingerprint density at radius 1 is 1.11 bits per heavy atom. The van der Waals surface area contributed by atoms with E-state index in [0.29, 0.717) is 53.8 Å². The maximum Gasteiger partial charge on any atom is 0.410 e. The van der Waals surface area contributed by atoms with E-state index >= 15 is 4.39 Å². The zero-order valence-corrected chi connectivity index (χ0v) is 26.0. The fraction of sp³-hybridized carbons (Fsp3) is 0.355. The van der Waals surface area contributed by atoms with Crippen molar-refractivity contribution in [3.8, 4) is 22.8 Å². The van der Waals surface area contributed by atoms with E-state index in [9.17, 15) is 4.79 Å². The number of methoxy groups -OCH3 is 2. The Labute approximate surface area is 259 Å². The molecule has 1 aliphatic rings. The number of benzene rings is 1. The van der Waals surface area contributed by atoms with E-state index in [1.165, 1.54) is 20.3 Å². The number of amides is 1. The van der Waals surface area contributed by atoms with Gasteiger partial charge in [-0.15, -0.1) is 0 Å². The highest BCUT2D eigenvalue weighted by molar-refractivity contribution is 5.77. The van der Waals surface area contributed by atoms with Gasteiger partial charge in [0.25, 0.3) is 0 Å². The van der Waals surface area contributed by atoms with Crippen molar-refractivity contribution in [2.24, 2.45) is 7.05 Å². The first-order chi connectivity index (χ1) is 21.5. The molecule has 0 fully saturated rings. The number of ether oxygens (including phenoxy) is 3. The number of nitrogens with one attached hydrogen (secondary N) is 1. The van der Waals surface area contributed by atoms with E-state index in [0.717, 1.165) is 17.0 Å². The SMILES string of the molecule is COc1cc(OC)c(F)c(N(Cc2nc3c([nH]2)CN(C(=O)OC(C)(C)C)CC3)c2ccc3ncc(-c4cnn(C)c4)nc3n2)c1. The van der Waals surface area contributed by atoms with Crippen LogP contribution >= 0.6 is 0 Å². The number of pyridine rings is 1. The molecular formula is C31H34FN9O4. The lowest BCUT2D eigenvalue weighted by Gasteiger charge is -2.29. The molecule has 0 saturated carbocycles. The van der Waals surface area contributed by atoms with Crippen LogP contribution in [0, 0.1) is 5.82 Å². The average Bonchev–Trinajstić information content (AvgIpc) is 3.64. The third-order valence-electron chi connectivity index (χ3n) is 7.25. The standard InChI is InChI=1S/C31H34FN9O4/c1-31(2,3)45-30(42)40-10-9-20-23(16-40)36-26(35-20)17-41(24-11-19(43-5)12-25(44-6)28(24)32)27-8-7-21-29(38-27)37-22(14-33-21)18-13-34-39(4)15-18/h7-8,11-15H,9-10,16-17H2,1-6H3,(H,35,36). The molecule has 0 aliphatic carbocycles. The third-order valence-corrected chi connectivity index (χ3v) is 7.25. The van der Waals surface area contributed by atoms with E-state index in [2.05, 4.69) is 15.1 Å². The quantitative estimate of drug-likeness (QED) is 0.268. The molecule has 0 saturated heterocycles. The Bertz CT molecular complexity index is 1880. The van der Waals surface area contributed by atoms with E-state index in [-0.39, 0.29) is 24.1 Å². The summed E-state index contributed by atoms with van der Waals surface area (Å²) in [6.07, 6.45) is 5.37. The van der Waals surface area contributed by atoms with E-state index in [1.54, 1.807) is 45.1 Å². The summed E-state index contributed by atoms with van der Waals surface area (Å²) in [5, 5.41) is 4.22. The Hall–Kier alpha value is -5.27. The van der Waals surface area contributed by atoms with Gasteiger partial charge >= 0.3 is 6.09 Å². The van der Waals surface area contributed by atoms with Gasteiger partial charge in [0.05, 0.1) is 62.5 Å². The van der Waals surface area contributed by atoms with Crippen molar-refractivity contribution in [3.05, 3.63) is 65.9 Å². The number of aryl methyl sites for hydroxylation is 1. The van der Waals surface area contributed by atoms with Crippen LogP contribution in [0.1, 0.15) is 38.0 Å². The van der Waals surface area contributed by atoms with E-state index in [1.807, 2.05) is 34.0 Å². The first-order valence-electron chi connectivity index (χ1n) is 14.4. The number of aromatic nitrogens is 7. The number of aromatic amines is 1. The van der Waals surface area contributed by atoms with Gasteiger partial charge in [0.1, 0.15) is 28.5 Å². The van der Waals surface area contributed by atoms with Crippen LogP contribution in [0.25, 0.3) is 22.4 Å². The van der Waals surface area contributed by atoms with Gasteiger partial charge in [-0.25, -0.2) is 24.1 Å². The minimum absolute atomic E-state index is 0.0144. The topological polar surface area (TPSA) is 136 Å². The van der Waals surface area contributed by atoms with Crippen LogP contribution in [0.5, 0.6) is 11.5 Å². The van der Waals surface area contributed by atoms with Gasteiger partial charge in [-0.3, -0.25) is 9.67 Å². The lowest BCUT2D eigenvalue weighted by molar-refractivity contribution is 0.0221. The van der Waals surface area contributed by atoms with Crippen LogP contribution in [0.4, 0.5) is 20.7 Å². The van der Waals surface area contributed by atoms with Crippen LogP contribution in [-0.2, 0) is 31.3 Å². The number of carbonyl (C=O) groups is 1. The number of imidazole rings is 1. The van der Waals surface area contributed by atoms with Crippen LogP contribution in [-0.4, -0.2) is 72.1 Å². The van der Waals surface area contributed by atoms with Gasteiger partial charge < -0.3 is 29.0 Å². The second kappa shape index (κ2) is 11.7. The highest BCUT2D eigenvalue weighted by Crippen LogP contribution is 2.37. The maximum atomic E-state index is 16.0. The zero-order chi connectivity index (χ0) is 31.9. The number of fused-ring (bicyclic) bond motifs is 2. The molecular weight excluding hydrogens is 581 g/mol. The van der Waals surface area contributed by atoms with Gasteiger partial charge in [0.15, 0.2) is 17.2 Å². The number of rotatable bonds is 7. The van der Waals surface area contributed by atoms with Crippen molar-refractivity contribution >= 4 is 28.8 Å². The normalized spacial score (nSPS) is 13.1. The molecule has 234 valence electrons. The predicted octanol–water partition coefficient (Wildman–Crippen LogP) is 4.94. The molecule has 4 aromatic heterocycles. The summed E-state index contributed by atoms with van der Waals surface area (Å²) in [7, 11) is 4.72. The number of halogens is 1. The average molecular weight is 616 g/mol. The predicted molar refractivity (Wildman–Crippen MR) is 164 cm³/mol. The lowest BCUT2D eigenvalue weighted by atomic mass is 10.1. The summed E-state index contributed by atoms with van der Waals surface area (Å²) >= 11 is 0. The minimum atomic E-state index is -0.602. The van der Waals surface area contributed by atoms with Gasteiger partial charge in [-0.05, 0) is 32.9 Å². The van der Waals surface area contributed by atoms with Gasteiger partial charge in [-0.1, -0.05) is 0 Å². The minimum Gasteiger partial charge on any atom is -0.497 e. The molecule has 1 aliphatic heterocycles. The molecule has 1 aromatic carbocycles. The summed E-state index contributed by atoms with van der Waals surface area (Å²) in [4.78, 5) is 38.3. The zero-order valence-electron chi connectivity index (χ0n) is 26.0. The Balaban J connectivity index is 1.39. The van der Waals surface area contributed by atoms with Crippen molar-refractivity contribution in [1.82, 2.24) is 39.6 Å². The molecule has 5 aromatic rings. The molecule has 14 heteroatoms. The van der Waals surface area contributed by atoms with Gasteiger partial charge in [0, 0.05) is 43.9 Å². The first kappa shape index (κ1) is 29.8. The fourth-order valence-electron chi connectivity index (χ4n) is 5.10. The highest BCUT2D eigenvalue weighted by Gasteiger charge is 2.29. The largest absolute Gasteiger partial charge is 0.497 e. The number of hydrogen-bond donors (Lipinski definition) is 1. The molecule has 45 heavy (non-hydrogen) atoms. The summed E-state index contributed by atoms with van der Waals surface area (Å²) in [6, 6.07) is 6.59. The number of nitrogens with zero attached hydrogens (tertiary/aromatic N) is 8. The van der Waals surface area contributed by atoms with E-state index < -0.39 is 11.4 Å². The summed E-state index contributed by atoms with van der Waals surface area (Å²) in [5.41, 5.74) is 3.55. The molecule has 1 amide bonds. The molecule has 0 atom stereocenters. The molecule has 6 rings (SSSR count). The number of carbonyl (C=O) groups excluding carboxylic acids is 1. The van der Waals surface area contributed by atoms with Crippen molar-refractivity contribution in [3.63, 3.8) is 0 Å². The van der Waals surface area contributed by atoms with Crippen LogP contribution in [0.15, 0.2) is 42.9 Å². The smallest absolute Gasteiger partial charge is 0.410 e. The van der Waals surface area contributed by atoms with Crippen LogP contribution < -0.4 is 14.4 Å². The first-order valence-corrected chi connectivity index (χ1v) is 14.4. The Morgan fingerprint density at radius 2 is 1.93 bits per heavy atom. The van der Waals surface area contributed by atoms with Crippen molar-refractivity contribution in [2.75, 3.05) is 25.7 Å². The van der Waals surface area contributed by atoms with Crippen molar-refractivity contribution < 1.29 is 23.4 Å². The highest BCUT2D eigenvalue weighted by atomic mass is 19.1. The Kier molecular flexibility index (Phi) is 7.73. The fourth-order valence-corrected chi connectivity index (χ4v) is 5.10. The summed E-state index contributed by atoms with van der Waals surface area (Å²) in [6.45, 7) is 6.41. The number of H-pyrrole nitrogens is 1. The molecule has 0 unspecified atom stereocenters. The molecule has 1 N–H and O–H groups in total. The number of anilines is 2. The van der Waals surface area contributed by atoms with Crippen LogP contribution in [0.3, 0.4) is 0 Å². The number of hydrogen-bond acceptors (Lipinski definition) is 10. The van der Waals surface area contributed by atoms with Crippen LogP contribution in [0.2, 0.25) is 0 Å². The molecule has 5 heterocycles. The molecule has 13 nitrogen and oxygen atoms in total. The molecule has 0 bridgehead atoms. The summed E-state index contributed by atoms with van der Waals surface area (Å²) < 4.78 is 34.0. The van der Waals surface area contributed by atoms with Crippen molar-refractivity contribution in [1.29, 1.82) is 0 Å². The van der Waals surface area contributed by atoms with Gasteiger partial charge in [-0.2, -0.15) is 5.10 Å². The summed E-state index contributed by atoms with van der Waals surface area (Å²) in [5.74, 6) is 0.784. The second-order valence-corrected chi connectivity index (χ2v) is 11.7. The monoisotopic (exact) mass is 615 g/mol. The second-order valence-electron chi connectivity index (χ2n) is 11.7. The lowest BCUT2D eigenvalue weighted by Crippen LogP contribution is -2.39. The Morgan fingerprint density at radius 3 is 2.64 bits per heavy atom. The molecule has 0 spiro atoms.